The second-order valence-corrected chi connectivity index (χ2v) is 15.6. The summed E-state index contributed by atoms with van der Waals surface area (Å²) < 4.78 is 70.6. The van der Waals surface area contributed by atoms with Crippen molar-refractivity contribution in [2.45, 2.75) is 114 Å². The number of esters is 1. The molecule has 1 unspecified atom stereocenters. The molecule has 10 atom stereocenters. The summed E-state index contributed by atoms with van der Waals surface area (Å²) in [5.74, 6) is -7.90. The van der Waals surface area contributed by atoms with Gasteiger partial charge in [-0.25, -0.2) is 18.1 Å². The van der Waals surface area contributed by atoms with Gasteiger partial charge < -0.3 is 44.3 Å². The normalized spacial score (nSPS) is 32.4. The number of ketones is 1. The van der Waals surface area contributed by atoms with Gasteiger partial charge in [0.1, 0.15) is 48.4 Å². The summed E-state index contributed by atoms with van der Waals surface area (Å²) >= 11 is 0. The van der Waals surface area contributed by atoms with Gasteiger partial charge in [0.15, 0.2) is 18.2 Å². The van der Waals surface area contributed by atoms with Gasteiger partial charge in [-0.05, 0) is 51.8 Å². The number of aliphatic hydroxyl groups excluding tert-OH is 3. The number of nitrogens with one attached hydrogen (secondary N) is 2. The smallest absolute Gasteiger partial charge is 0.459 e. The largest absolute Gasteiger partial charge is 0.462 e. The van der Waals surface area contributed by atoms with Crippen LogP contribution in [-0.2, 0) is 37.7 Å². The standard InChI is InChI=1S/C23H31FN3O10P.C12H16FNO6/c1-5-22(32)19(30)23(24,36-20(22)27-12-11-17(28)25-21(27)31)13-34-38(33,37-16-9-7-6-8-10-16)26-15(4)18(29)35-14(2)3;1-2-11(19)9(18)12(13,6-15)20-10(11)14-4-3-7(16)5-8(14)17/h6-12,14-15,19-20,30,32H,5,13H2,1-4H3,(H,26,33)(H,25,28,31);3-4,9-10,15,18-19H,2,5-6H2,1H3/t15-,19-,20+,22+,23+,38?;9-,10+,11+,12+/m00/s1. The highest BCUT2D eigenvalue weighted by Gasteiger charge is 2.66. The Morgan fingerprint density at radius 1 is 0.983 bits per heavy atom. The van der Waals surface area contributed by atoms with Crippen LogP contribution in [0.25, 0.3) is 0 Å². The van der Waals surface area contributed by atoms with Crippen molar-refractivity contribution in [3.8, 4) is 5.75 Å². The number of allylic oxidation sites excluding steroid dienone is 1. The Morgan fingerprint density at radius 3 is 2.12 bits per heavy atom. The summed E-state index contributed by atoms with van der Waals surface area (Å²) in [5.41, 5.74) is -6.21. The Balaban J connectivity index is 0.000000311. The molecule has 2 fully saturated rings. The van der Waals surface area contributed by atoms with E-state index in [0.29, 0.717) is 4.57 Å². The molecule has 3 aliphatic rings. The number of carbonyl (C=O) groups is 3. The van der Waals surface area contributed by atoms with E-state index in [9.17, 15) is 53.4 Å². The summed E-state index contributed by atoms with van der Waals surface area (Å²) in [6.07, 6.45) is -5.77. The van der Waals surface area contributed by atoms with E-state index >= 15 is 4.39 Å². The molecule has 4 heterocycles. The number of aromatic amines is 1. The molecule has 3 aliphatic heterocycles. The van der Waals surface area contributed by atoms with E-state index in [4.69, 9.17) is 28.4 Å². The van der Waals surface area contributed by atoms with Gasteiger partial charge in [-0.2, -0.15) is 5.09 Å². The molecular formula is C35H47F2N4O16P. The van der Waals surface area contributed by atoms with Gasteiger partial charge in [0.25, 0.3) is 17.3 Å². The third-order valence-electron chi connectivity index (χ3n) is 9.43. The molecule has 0 spiro atoms. The highest BCUT2D eigenvalue weighted by atomic mass is 31.2. The fourth-order valence-electron chi connectivity index (χ4n) is 6.16. The van der Waals surface area contributed by atoms with E-state index in [1.807, 2.05) is 4.98 Å². The highest BCUT2D eigenvalue weighted by molar-refractivity contribution is 7.52. The maximum atomic E-state index is 16.0. The third kappa shape index (κ3) is 9.63. The number of hydrogen-bond donors (Lipinski definition) is 7. The summed E-state index contributed by atoms with van der Waals surface area (Å²) in [6.45, 7) is 5.03. The van der Waals surface area contributed by atoms with Gasteiger partial charge in [0.05, 0.1) is 12.5 Å². The number of para-hydroxylation sites is 1. The SMILES string of the molecule is CC[C@]1(O)[C@H](N2C=CC(=O)CC2=O)O[C@](F)(CO)[C@H]1O.CC[C@]1(O)[C@H](n2ccc(=O)[nH]c2=O)O[C@](F)(COP(=O)(N[C@@H](C)C(=O)OC(C)C)Oc2ccccc2)[C@H]1O. The van der Waals surface area contributed by atoms with E-state index in [1.165, 1.54) is 32.9 Å². The second kappa shape index (κ2) is 18.0. The van der Waals surface area contributed by atoms with Gasteiger partial charge >= 0.3 is 19.4 Å². The first-order valence-electron chi connectivity index (χ1n) is 18.0. The second-order valence-electron chi connectivity index (χ2n) is 14.0. The van der Waals surface area contributed by atoms with Crippen LogP contribution in [0.2, 0.25) is 0 Å². The predicted octanol–water partition coefficient (Wildman–Crippen LogP) is 0.185. The maximum Gasteiger partial charge on any atom is 0.459 e. The molecule has 2 aromatic rings. The van der Waals surface area contributed by atoms with Crippen molar-refractivity contribution in [3.05, 3.63) is 75.7 Å². The van der Waals surface area contributed by atoms with Crippen molar-refractivity contribution in [2.75, 3.05) is 13.2 Å². The van der Waals surface area contributed by atoms with Gasteiger partial charge in [0.2, 0.25) is 5.91 Å². The lowest BCUT2D eigenvalue weighted by Crippen LogP contribution is -2.56. The molecule has 2 saturated heterocycles. The maximum absolute atomic E-state index is 16.0. The molecule has 23 heteroatoms. The quantitative estimate of drug-likeness (QED) is 0.0759. The first-order chi connectivity index (χ1) is 27.0. The lowest BCUT2D eigenvalue weighted by atomic mass is 9.89. The van der Waals surface area contributed by atoms with E-state index in [0.717, 1.165) is 29.4 Å². The van der Waals surface area contributed by atoms with E-state index in [1.54, 1.807) is 32.0 Å². The van der Waals surface area contributed by atoms with Crippen molar-refractivity contribution in [1.29, 1.82) is 0 Å². The average Bonchev–Trinajstić information content (AvgIpc) is 3.50. The number of aromatic nitrogens is 2. The number of amides is 1. The number of H-pyrrole nitrogens is 1. The van der Waals surface area contributed by atoms with Crippen LogP contribution in [0.4, 0.5) is 8.78 Å². The van der Waals surface area contributed by atoms with Crippen LogP contribution in [-0.4, -0.2) is 124 Å². The number of hydrogen-bond acceptors (Lipinski definition) is 16. The minimum absolute atomic E-state index is 0.0521. The molecule has 1 amide bonds. The molecule has 0 aliphatic carbocycles. The third-order valence-corrected chi connectivity index (χ3v) is 11.1. The van der Waals surface area contributed by atoms with Gasteiger partial charge in [-0.1, -0.05) is 32.0 Å². The van der Waals surface area contributed by atoms with Crippen molar-refractivity contribution in [3.63, 3.8) is 0 Å². The number of benzene rings is 1. The van der Waals surface area contributed by atoms with E-state index in [-0.39, 0.29) is 18.6 Å². The molecular weight excluding hydrogens is 801 g/mol. The van der Waals surface area contributed by atoms with Crippen molar-refractivity contribution in [1.82, 2.24) is 19.5 Å². The van der Waals surface area contributed by atoms with Gasteiger partial charge in [-0.15, -0.1) is 0 Å². The molecule has 0 saturated carbocycles. The topological polar surface area (TPSA) is 286 Å². The van der Waals surface area contributed by atoms with Gasteiger partial charge in [0, 0.05) is 18.5 Å². The van der Waals surface area contributed by atoms with Crippen LogP contribution in [0.5, 0.6) is 5.75 Å². The Bertz CT molecular complexity index is 2010. The zero-order valence-electron chi connectivity index (χ0n) is 32.0. The van der Waals surface area contributed by atoms with Crippen LogP contribution in [0.3, 0.4) is 0 Å². The Kier molecular flexibility index (Phi) is 14.4. The number of alkyl halides is 2. The molecule has 20 nitrogen and oxygen atoms in total. The van der Waals surface area contributed by atoms with E-state index in [2.05, 4.69) is 5.09 Å². The lowest BCUT2D eigenvalue weighted by Gasteiger charge is -2.36. The monoisotopic (exact) mass is 848 g/mol. The molecule has 1 aromatic heterocycles. The highest BCUT2D eigenvalue weighted by Crippen LogP contribution is 2.51. The minimum Gasteiger partial charge on any atom is -0.462 e. The molecule has 5 rings (SSSR count). The number of halogens is 2. The Hall–Kier alpha value is -4.22. The summed E-state index contributed by atoms with van der Waals surface area (Å²) in [6, 6.07) is 7.42. The minimum atomic E-state index is -4.55. The number of nitrogens with zero attached hydrogens (tertiary/aromatic N) is 2. The Labute approximate surface area is 329 Å². The van der Waals surface area contributed by atoms with Crippen LogP contribution >= 0.6 is 7.75 Å². The Morgan fingerprint density at radius 2 is 1.57 bits per heavy atom. The number of ether oxygens (including phenoxy) is 3. The molecule has 0 bridgehead atoms. The van der Waals surface area contributed by atoms with Crippen LogP contribution in [0.1, 0.15) is 60.1 Å². The first-order valence-corrected chi connectivity index (χ1v) is 19.5. The molecule has 7 N–H and O–H groups in total. The number of aliphatic hydroxyl groups is 5. The summed E-state index contributed by atoms with van der Waals surface area (Å²) in [4.78, 5) is 61.8. The van der Waals surface area contributed by atoms with Crippen LogP contribution < -0.4 is 20.9 Å². The number of rotatable bonds is 14. The zero-order chi connectivity index (χ0) is 43.4. The molecule has 1 aromatic carbocycles. The van der Waals surface area contributed by atoms with Gasteiger partial charge in [-0.3, -0.25) is 38.2 Å². The van der Waals surface area contributed by atoms with E-state index < -0.39 is 116 Å². The van der Waals surface area contributed by atoms with Crippen LogP contribution in [0, 0.1) is 0 Å². The van der Waals surface area contributed by atoms with Crippen molar-refractivity contribution in [2.24, 2.45) is 0 Å². The average molecular weight is 849 g/mol. The fraction of sp³-hybridized carbons (Fsp3) is 0.571. The van der Waals surface area contributed by atoms with Crippen molar-refractivity contribution >= 4 is 25.4 Å². The first kappa shape index (κ1) is 46.5. The van der Waals surface area contributed by atoms with Crippen molar-refractivity contribution < 1.29 is 76.5 Å². The molecule has 0 radical (unpaired) electrons. The summed E-state index contributed by atoms with van der Waals surface area (Å²) in [7, 11) is -4.55. The number of carbonyl (C=O) groups excluding carboxylic acids is 3. The molecule has 58 heavy (non-hydrogen) atoms. The fourth-order valence-corrected chi connectivity index (χ4v) is 7.67. The lowest BCUT2D eigenvalue weighted by molar-refractivity contribution is -0.213. The van der Waals surface area contributed by atoms with Crippen LogP contribution in [0.15, 0.2) is 64.5 Å². The zero-order valence-corrected chi connectivity index (χ0v) is 32.9. The molecule has 322 valence electrons. The predicted molar refractivity (Wildman–Crippen MR) is 194 cm³/mol. The summed E-state index contributed by atoms with van der Waals surface area (Å²) in [5, 5.41) is 53.5.